The number of aromatic nitrogens is 6. The Kier molecular flexibility index (Phi) is 2.90. The van der Waals surface area contributed by atoms with Crippen molar-refractivity contribution < 1.29 is 4.74 Å². The van der Waals surface area contributed by atoms with Gasteiger partial charge in [0.1, 0.15) is 18.4 Å². The molecular formula is C13H9N7OS. The molecule has 1 aromatic carbocycles. The fourth-order valence-corrected chi connectivity index (χ4v) is 2.69. The molecule has 0 spiro atoms. The molecule has 0 amide bonds. The van der Waals surface area contributed by atoms with Crippen molar-refractivity contribution in [3.63, 3.8) is 0 Å². The largest absolute Gasteiger partial charge is 0.437 e. The number of hydrogen-bond donors (Lipinski definition) is 1. The van der Waals surface area contributed by atoms with Crippen LogP contribution >= 0.6 is 11.3 Å². The van der Waals surface area contributed by atoms with Crippen LogP contribution < -0.4 is 10.5 Å². The maximum absolute atomic E-state index is 5.74. The molecule has 0 aliphatic carbocycles. The Labute approximate surface area is 128 Å². The number of fused-ring (bicyclic) bond motifs is 1. The first-order valence-corrected chi connectivity index (χ1v) is 7.10. The normalized spacial score (nSPS) is 10.9. The molecule has 0 bridgehead atoms. The summed E-state index contributed by atoms with van der Waals surface area (Å²) in [5.41, 5.74) is 6.54. The molecule has 4 aromatic rings. The van der Waals surface area contributed by atoms with Gasteiger partial charge in [-0.25, -0.2) is 14.6 Å². The molecule has 0 radical (unpaired) electrons. The molecule has 9 heteroatoms. The number of thiazole rings is 1. The van der Waals surface area contributed by atoms with Crippen LogP contribution in [0, 0.1) is 0 Å². The van der Waals surface area contributed by atoms with E-state index in [0.29, 0.717) is 22.6 Å². The summed E-state index contributed by atoms with van der Waals surface area (Å²) in [4.78, 5) is 16.5. The Hall–Kier alpha value is -3.07. The van der Waals surface area contributed by atoms with E-state index in [-0.39, 0.29) is 0 Å². The van der Waals surface area contributed by atoms with Crippen molar-refractivity contribution in [3.05, 3.63) is 43.2 Å². The van der Waals surface area contributed by atoms with Gasteiger partial charge < -0.3 is 10.5 Å². The Balaban J connectivity index is 1.65. The van der Waals surface area contributed by atoms with Gasteiger partial charge >= 0.3 is 0 Å². The first kappa shape index (κ1) is 12.7. The summed E-state index contributed by atoms with van der Waals surface area (Å²) in [6.07, 6.45) is 6.08. The molecule has 2 N–H and O–H groups in total. The lowest BCUT2D eigenvalue weighted by Crippen LogP contribution is -2.00. The summed E-state index contributed by atoms with van der Waals surface area (Å²) < 4.78 is 8.20. The summed E-state index contributed by atoms with van der Waals surface area (Å²) in [7, 11) is 0. The molecule has 0 aliphatic heterocycles. The smallest absolute Gasteiger partial charge is 0.239 e. The maximum atomic E-state index is 5.74. The third kappa shape index (κ3) is 2.33. The van der Waals surface area contributed by atoms with Gasteiger partial charge in [0.15, 0.2) is 10.9 Å². The Morgan fingerprint density at radius 3 is 2.95 bits per heavy atom. The van der Waals surface area contributed by atoms with E-state index < -0.39 is 0 Å². The Morgan fingerprint density at radius 2 is 2.09 bits per heavy atom. The second-order valence-electron chi connectivity index (χ2n) is 4.34. The maximum Gasteiger partial charge on any atom is 0.239 e. The number of benzene rings is 1. The van der Waals surface area contributed by atoms with Gasteiger partial charge in [-0.15, -0.1) is 0 Å². The zero-order valence-corrected chi connectivity index (χ0v) is 11.9. The van der Waals surface area contributed by atoms with Crippen LogP contribution in [0.4, 0.5) is 5.13 Å². The standard InChI is InChI=1S/C13H9N7OS/c14-13-18-9-2-1-8(3-10(9)22-13)21-12-5-15-4-11(19-12)20-7-16-6-17-20/h1-7H,(H2,14,18). The second-order valence-corrected chi connectivity index (χ2v) is 5.40. The van der Waals surface area contributed by atoms with Gasteiger partial charge in [0.25, 0.3) is 0 Å². The zero-order chi connectivity index (χ0) is 14.9. The van der Waals surface area contributed by atoms with E-state index >= 15 is 0 Å². The van der Waals surface area contributed by atoms with Crippen LogP contribution in [0.15, 0.2) is 43.2 Å². The number of nitrogens with two attached hydrogens (primary N) is 1. The highest BCUT2D eigenvalue weighted by molar-refractivity contribution is 7.22. The van der Waals surface area contributed by atoms with Gasteiger partial charge in [-0.3, -0.25) is 4.98 Å². The Morgan fingerprint density at radius 1 is 1.14 bits per heavy atom. The summed E-state index contributed by atoms with van der Waals surface area (Å²) >= 11 is 1.41. The van der Waals surface area contributed by atoms with Gasteiger partial charge in [-0.05, 0) is 12.1 Å². The van der Waals surface area contributed by atoms with E-state index in [1.54, 1.807) is 12.5 Å². The third-order valence-corrected chi connectivity index (χ3v) is 3.70. The summed E-state index contributed by atoms with van der Waals surface area (Å²) in [5.74, 6) is 1.53. The van der Waals surface area contributed by atoms with Crippen molar-refractivity contribution >= 4 is 26.7 Å². The van der Waals surface area contributed by atoms with E-state index in [1.165, 1.54) is 28.5 Å². The molecule has 3 aromatic heterocycles. The lowest BCUT2D eigenvalue weighted by molar-refractivity contribution is 0.459. The third-order valence-electron chi connectivity index (χ3n) is 2.85. The molecule has 0 saturated carbocycles. The molecule has 3 heterocycles. The van der Waals surface area contributed by atoms with Crippen molar-refractivity contribution in [3.8, 4) is 17.4 Å². The molecule has 0 fully saturated rings. The van der Waals surface area contributed by atoms with Gasteiger partial charge in [-0.1, -0.05) is 11.3 Å². The predicted octanol–water partition coefficient (Wildman–Crippen LogP) is 2.04. The minimum absolute atomic E-state index is 0.366. The van der Waals surface area contributed by atoms with Crippen molar-refractivity contribution in [1.29, 1.82) is 0 Å². The lowest BCUT2D eigenvalue weighted by Gasteiger charge is -2.05. The first-order chi connectivity index (χ1) is 10.8. The van der Waals surface area contributed by atoms with Crippen molar-refractivity contribution in [1.82, 2.24) is 29.7 Å². The van der Waals surface area contributed by atoms with E-state index in [1.807, 2.05) is 18.2 Å². The average molecular weight is 311 g/mol. The highest BCUT2D eigenvalue weighted by Crippen LogP contribution is 2.29. The molecule has 0 atom stereocenters. The summed E-state index contributed by atoms with van der Waals surface area (Å²) in [5, 5.41) is 4.53. The van der Waals surface area contributed by atoms with Crippen molar-refractivity contribution in [2.75, 3.05) is 5.73 Å². The highest BCUT2D eigenvalue weighted by Gasteiger charge is 2.06. The summed E-state index contributed by atoms with van der Waals surface area (Å²) in [6.45, 7) is 0. The molecule has 8 nitrogen and oxygen atoms in total. The zero-order valence-electron chi connectivity index (χ0n) is 11.1. The number of nitrogen functional groups attached to an aromatic ring is 1. The quantitative estimate of drug-likeness (QED) is 0.617. The van der Waals surface area contributed by atoms with E-state index in [4.69, 9.17) is 10.5 Å². The Bertz CT molecular complexity index is 935. The number of nitrogens with zero attached hydrogens (tertiary/aromatic N) is 6. The van der Waals surface area contributed by atoms with Crippen LogP contribution in [-0.4, -0.2) is 29.7 Å². The van der Waals surface area contributed by atoms with Crippen molar-refractivity contribution in [2.24, 2.45) is 0 Å². The monoisotopic (exact) mass is 311 g/mol. The minimum Gasteiger partial charge on any atom is -0.437 e. The molecular weight excluding hydrogens is 302 g/mol. The van der Waals surface area contributed by atoms with Crippen LogP contribution in [-0.2, 0) is 0 Å². The number of ether oxygens (including phenoxy) is 1. The van der Waals surface area contributed by atoms with Crippen molar-refractivity contribution in [2.45, 2.75) is 0 Å². The topological polar surface area (TPSA) is 105 Å². The van der Waals surface area contributed by atoms with Gasteiger partial charge in [0.2, 0.25) is 5.88 Å². The molecule has 0 saturated heterocycles. The molecule has 108 valence electrons. The van der Waals surface area contributed by atoms with Gasteiger partial charge in [0.05, 0.1) is 22.6 Å². The van der Waals surface area contributed by atoms with E-state index in [0.717, 1.165) is 10.2 Å². The van der Waals surface area contributed by atoms with Crippen LogP contribution in [0.3, 0.4) is 0 Å². The number of anilines is 1. The molecule has 0 aliphatic rings. The average Bonchev–Trinajstić information content (AvgIpc) is 3.15. The van der Waals surface area contributed by atoms with Crippen LogP contribution in [0.1, 0.15) is 0 Å². The highest BCUT2D eigenvalue weighted by atomic mass is 32.1. The second kappa shape index (κ2) is 5.04. The van der Waals surface area contributed by atoms with Crippen LogP contribution in [0.25, 0.3) is 16.0 Å². The minimum atomic E-state index is 0.366. The molecule has 22 heavy (non-hydrogen) atoms. The predicted molar refractivity (Wildman–Crippen MR) is 81.1 cm³/mol. The fourth-order valence-electron chi connectivity index (χ4n) is 1.93. The van der Waals surface area contributed by atoms with Crippen LogP contribution in [0.5, 0.6) is 11.6 Å². The SMILES string of the molecule is Nc1nc2ccc(Oc3cncc(-n4cncn4)n3)cc2s1. The van der Waals surface area contributed by atoms with E-state index in [9.17, 15) is 0 Å². The lowest BCUT2D eigenvalue weighted by atomic mass is 10.3. The first-order valence-electron chi connectivity index (χ1n) is 6.29. The molecule has 0 unspecified atom stereocenters. The van der Waals surface area contributed by atoms with Gasteiger partial charge in [-0.2, -0.15) is 10.1 Å². The van der Waals surface area contributed by atoms with Crippen LogP contribution in [0.2, 0.25) is 0 Å². The van der Waals surface area contributed by atoms with Gasteiger partial charge in [0, 0.05) is 6.07 Å². The molecule has 4 rings (SSSR count). The summed E-state index contributed by atoms with van der Waals surface area (Å²) in [6, 6.07) is 5.53. The number of rotatable bonds is 3. The fraction of sp³-hybridized carbons (Fsp3) is 0. The van der Waals surface area contributed by atoms with E-state index in [2.05, 4.69) is 25.0 Å². The number of hydrogen-bond acceptors (Lipinski definition) is 8.